The molecule has 1 aromatic rings. The Balaban J connectivity index is 1.73. The van der Waals surface area contributed by atoms with Crippen LogP contribution in [-0.2, 0) is 9.53 Å². The Morgan fingerprint density at radius 3 is 2.68 bits per heavy atom. The molecule has 1 amide bonds. The van der Waals surface area contributed by atoms with Crippen LogP contribution in [0.1, 0.15) is 57.4 Å². The molecule has 0 saturated heterocycles. The molecule has 1 heterocycles. The highest BCUT2D eigenvalue weighted by Crippen LogP contribution is 2.33. The number of carbonyl (C=O) groups is 1. The number of carbonyl (C=O) groups excluding carboxylic acids is 1. The molecule has 170 valence electrons. The number of nitrogens with one attached hydrogen (secondary N) is 1. The van der Waals surface area contributed by atoms with E-state index in [9.17, 15) is 9.90 Å². The first kappa shape index (κ1) is 23.3. The average Bonchev–Trinajstić information content (AvgIpc) is 3.11. The Kier molecular flexibility index (Phi) is 7.73. The molecule has 7 heteroatoms. The second-order valence-corrected chi connectivity index (χ2v) is 8.51. The summed E-state index contributed by atoms with van der Waals surface area (Å²) < 4.78 is 11.6. The van der Waals surface area contributed by atoms with Gasteiger partial charge in [0.2, 0.25) is 5.90 Å². The standard InChI is InChI=1S/C24H34N2O5/c1-3-12-24(22(28)25-17-23(29)13-5-4-6-14-23)18(2)31-21(26-24)19-8-10-20(11-9-19)30-16-7-15-27/h3,8-11,18,27,29H,1,4-7,12-17H2,2H3,(H,25,28)/t18-,24-/m1/s1. The van der Waals surface area contributed by atoms with Crippen LogP contribution >= 0.6 is 0 Å². The summed E-state index contributed by atoms with van der Waals surface area (Å²) in [6, 6.07) is 7.31. The minimum absolute atomic E-state index is 0.0888. The molecule has 0 bridgehead atoms. The molecule has 7 nitrogen and oxygen atoms in total. The summed E-state index contributed by atoms with van der Waals surface area (Å²) in [5.74, 6) is 0.848. The van der Waals surface area contributed by atoms with E-state index in [0.29, 0.717) is 43.9 Å². The first-order valence-electron chi connectivity index (χ1n) is 11.1. The van der Waals surface area contributed by atoms with Crippen LogP contribution in [-0.4, -0.2) is 59.0 Å². The van der Waals surface area contributed by atoms with Crippen molar-refractivity contribution < 1.29 is 24.5 Å². The third-order valence-corrected chi connectivity index (χ3v) is 6.15. The monoisotopic (exact) mass is 430 g/mol. The van der Waals surface area contributed by atoms with E-state index in [0.717, 1.165) is 24.8 Å². The summed E-state index contributed by atoms with van der Waals surface area (Å²) in [5.41, 5.74) is -1.20. The molecule has 0 radical (unpaired) electrons. The normalized spacial score (nSPS) is 24.7. The van der Waals surface area contributed by atoms with E-state index in [4.69, 9.17) is 19.6 Å². The minimum Gasteiger partial charge on any atom is -0.494 e. The highest BCUT2D eigenvalue weighted by molar-refractivity contribution is 6.00. The Hall–Kier alpha value is -2.38. The minimum atomic E-state index is -1.11. The van der Waals surface area contributed by atoms with Crippen molar-refractivity contribution in [3.63, 3.8) is 0 Å². The first-order chi connectivity index (χ1) is 14.9. The molecular formula is C24H34N2O5. The van der Waals surface area contributed by atoms with Gasteiger partial charge in [-0.1, -0.05) is 25.3 Å². The molecule has 3 rings (SSSR count). The largest absolute Gasteiger partial charge is 0.494 e. The highest BCUT2D eigenvalue weighted by atomic mass is 16.5. The number of rotatable bonds is 10. The Morgan fingerprint density at radius 1 is 1.32 bits per heavy atom. The topological polar surface area (TPSA) is 100 Å². The molecule has 1 aliphatic heterocycles. The van der Waals surface area contributed by atoms with E-state index < -0.39 is 17.2 Å². The molecule has 1 saturated carbocycles. The fourth-order valence-corrected chi connectivity index (χ4v) is 4.19. The zero-order valence-corrected chi connectivity index (χ0v) is 18.3. The predicted octanol–water partition coefficient (Wildman–Crippen LogP) is 2.74. The van der Waals surface area contributed by atoms with Gasteiger partial charge in [-0.3, -0.25) is 4.79 Å². The van der Waals surface area contributed by atoms with Gasteiger partial charge in [0, 0.05) is 31.6 Å². The summed E-state index contributed by atoms with van der Waals surface area (Å²) in [6.07, 6.45) is 6.61. The summed E-state index contributed by atoms with van der Waals surface area (Å²) in [6.45, 7) is 6.40. The number of amides is 1. The molecule has 31 heavy (non-hydrogen) atoms. The van der Waals surface area contributed by atoms with Gasteiger partial charge in [0.05, 0.1) is 12.2 Å². The zero-order chi connectivity index (χ0) is 22.3. The lowest BCUT2D eigenvalue weighted by Crippen LogP contribution is -2.54. The third-order valence-electron chi connectivity index (χ3n) is 6.15. The summed E-state index contributed by atoms with van der Waals surface area (Å²) in [7, 11) is 0. The Morgan fingerprint density at radius 2 is 2.03 bits per heavy atom. The molecule has 0 unspecified atom stereocenters. The summed E-state index contributed by atoms with van der Waals surface area (Å²) in [5, 5.41) is 22.5. The van der Waals surface area contributed by atoms with Crippen molar-refractivity contribution in [2.75, 3.05) is 19.8 Å². The summed E-state index contributed by atoms with van der Waals surface area (Å²) in [4.78, 5) is 17.9. The lowest BCUT2D eigenvalue weighted by Gasteiger charge is -2.34. The molecule has 2 aliphatic rings. The molecule has 1 aromatic carbocycles. The van der Waals surface area contributed by atoms with E-state index in [1.165, 1.54) is 0 Å². The smallest absolute Gasteiger partial charge is 0.252 e. The van der Waals surface area contributed by atoms with E-state index >= 15 is 0 Å². The van der Waals surface area contributed by atoms with Gasteiger partial charge in [-0.2, -0.15) is 0 Å². The van der Waals surface area contributed by atoms with Gasteiger partial charge in [-0.05, 0) is 44.0 Å². The zero-order valence-electron chi connectivity index (χ0n) is 18.3. The van der Waals surface area contributed by atoms with Gasteiger partial charge in [-0.15, -0.1) is 6.58 Å². The van der Waals surface area contributed by atoms with Gasteiger partial charge < -0.3 is 25.0 Å². The van der Waals surface area contributed by atoms with E-state index in [1.807, 2.05) is 31.2 Å². The summed E-state index contributed by atoms with van der Waals surface area (Å²) >= 11 is 0. The van der Waals surface area contributed by atoms with Crippen molar-refractivity contribution in [3.8, 4) is 5.75 Å². The second-order valence-electron chi connectivity index (χ2n) is 8.51. The molecule has 3 N–H and O–H groups in total. The fraction of sp³-hybridized carbons (Fsp3) is 0.583. The maximum Gasteiger partial charge on any atom is 0.252 e. The number of aliphatic hydroxyl groups excluding tert-OH is 1. The van der Waals surface area contributed by atoms with Crippen LogP contribution in [0, 0.1) is 0 Å². The van der Waals surface area contributed by atoms with Crippen molar-refractivity contribution in [3.05, 3.63) is 42.5 Å². The first-order valence-corrected chi connectivity index (χ1v) is 11.1. The van der Waals surface area contributed by atoms with Gasteiger partial charge in [0.15, 0.2) is 5.54 Å². The van der Waals surface area contributed by atoms with Gasteiger partial charge in [0.25, 0.3) is 5.91 Å². The SMILES string of the molecule is C=CC[C@@]1(C(=O)NCC2(O)CCCCC2)N=C(c2ccc(OCCCO)cc2)O[C@@H]1C. The van der Waals surface area contributed by atoms with Crippen molar-refractivity contribution in [2.45, 2.75) is 69.1 Å². The number of nitrogens with zero attached hydrogens (tertiary/aromatic N) is 1. The van der Waals surface area contributed by atoms with E-state index in [2.05, 4.69) is 11.9 Å². The lowest BCUT2D eigenvalue weighted by atomic mass is 9.84. The van der Waals surface area contributed by atoms with Crippen molar-refractivity contribution in [1.29, 1.82) is 0 Å². The Labute approximate surface area is 184 Å². The molecule has 1 aliphatic carbocycles. The van der Waals surface area contributed by atoms with Crippen LogP contribution in [0.4, 0.5) is 0 Å². The number of ether oxygens (including phenoxy) is 2. The van der Waals surface area contributed by atoms with Crippen LogP contribution in [0.5, 0.6) is 5.75 Å². The Bertz CT molecular complexity index is 786. The average molecular weight is 431 g/mol. The quantitative estimate of drug-likeness (QED) is 0.391. The molecular weight excluding hydrogens is 396 g/mol. The lowest BCUT2D eigenvalue weighted by molar-refractivity contribution is -0.130. The number of aliphatic hydroxyl groups is 2. The second kappa shape index (κ2) is 10.3. The molecule has 2 atom stereocenters. The maximum atomic E-state index is 13.2. The van der Waals surface area contributed by atoms with Gasteiger partial charge in [0.1, 0.15) is 11.9 Å². The van der Waals surface area contributed by atoms with Gasteiger partial charge in [-0.25, -0.2) is 4.99 Å². The van der Waals surface area contributed by atoms with Crippen molar-refractivity contribution in [1.82, 2.24) is 5.32 Å². The predicted molar refractivity (Wildman–Crippen MR) is 119 cm³/mol. The van der Waals surface area contributed by atoms with Crippen LogP contribution in [0.25, 0.3) is 0 Å². The number of benzene rings is 1. The van der Waals surface area contributed by atoms with Crippen LogP contribution in [0.3, 0.4) is 0 Å². The maximum absolute atomic E-state index is 13.2. The molecule has 0 spiro atoms. The highest BCUT2D eigenvalue weighted by Gasteiger charge is 2.49. The third kappa shape index (κ3) is 5.46. The number of hydrogen-bond donors (Lipinski definition) is 3. The van der Waals surface area contributed by atoms with Crippen LogP contribution < -0.4 is 10.1 Å². The van der Waals surface area contributed by atoms with Gasteiger partial charge >= 0.3 is 0 Å². The van der Waals surface area contributed by atoms with Crippen molar-refractivity contribution >= 4 is 11.8 Å². The van der Waals surface area contributed by atoms with E-state index in [1.54, 1.807) is 6.08 Å². The molecule has 1 fully saturated rings. The number of hydrogen-bond acceptors (Lipinski definition) is 6. The van der Waals surface area contributed by atoms with E-state index in [-0.39, 0.29) is 19.1 Å². The number of aliphatic imine (C=N–C) groups is 1. The molecule has 0 aromatic heterocycles. The van der Waals surface area contributed by atoms with Crippen LogP contribution in [0.15, 0.2) is 41.9 Å². The van der Waals surface area contributed by atoms with Crippen LogP contribution in [0.2, 0.25) is 0 Å². The fourth-order valence-electron chi connectivity index (χ4n) is 4.19. The van der Waals surface area contributed by atoms with Crippen molar-refractivity contribution in [2.24, 2.45) is 4.99 Å².